The molecule has 1 amide bonds. The minimum absolute atomic E-state index is 0.00389. The first-order valence-electron chi connectivity index (χ1n) is 14.3. The van der Waals surface area contributed by atoms with Gasteiger partial charge in [0.25, 0.3) is 5.91 Å². The van der Waals surface area contributed by atoms with Crippen molar-refractivity contribution in [3.8, 4) is 11.1 Å². The highest BCUT2D eigenvalue weighted by molar-refractivity contribution is 6.18. The topological polar surface area (TPSA) is 126 Å². The fourth-order valence-corrected chi connectivity index (χ4v) is 6.08. The van der Waals surface area contributed by atoms with Crippen molar-refractivity contribution in [1.82, 2.24) is 15.2 Å². The van der Waals surface area contributed by atoms with E-state index in [-0.39, 0.29) is 17.9 Å². The van der Waals surface area contributed by atoms with Crippen LogP contribution < -0.4 is 11.1 Å². The van der Waals surface area contributed by atoms with Crippen LogP contribution in [-0.2, 0) is 14.4 Å². The first-order valence-corrected chi connectivity index (χ1v) is 14.3. The van der Waals surface area contributed by atoms with Crippen LogP contribution in [0, 0.1) is 42.7 Å². The highest BCUT2D eigenvalue weighted by Gasteiger charge is 2.62. The summed E-state index contributed by atoms with van der Waals surface area (Å²) in [4.78, 5) is 37.6. The lowest BCUT2D eigenvalue weighted by Crippen LogP contribution is -2.33. The summed E-state index contributed by atoms with van der Waals surface area (Å²) in [5.41, 5.74) is 10.5. The molecule has 1 aromatic heterocycles. The predicted molar refractivity (Wildman–Crippen MR) is 166 cm³/mol. The number of hydrogen-bond donors (Lipinski definition) is 3. The third-order valence-corrected chi connectivity index (χ3v) is 8.68. The van der Waals surface area contributed by atoms with Gasteiger partial charge in [0.05, 0.1) is 17.7 Å². The van der Waals surface area contributed by atoms with Crippen LogP contribution in [0.1, 0.15) is 48.7 Å². The molecule has 4 N–H and O–H groups in total. The van der Waals surface area contributed by atoms with Gasteiger partial charge in [-0.1, -0.05) is 38.1 Å². The second-order valence-electron chi connectivity index (χ2n) is 11.6. The van der Waals surface area contributed by atoms with E-state index in [0.717, 1.165) is 35.8 Å². The molecule has 2 heterocycles. The highest BCUT2D eigenvalue weighted by Crippen LogP contribution is 2.62. The standard InChI is InChI=1S/C18H19F2NO2.C15H19N3O.CH2O/c1-10-5-4-6-11(2)17(10)12-7-13(18(20)14(19)8-12)15(21-3)9-16(22)23;1-15(2)11-8-18(9-12(11)15)14(19)10(7-16)13-5-3-4-6-17-13;1-2/h4-8,15,21H,9H2,1-3H3,(H,22,23);3-7,11-12H,8-9,16H2,1-2H3;1H2/b;10-7+;. The molecule has 1 aliphatic carbocycles. The summed E-state index contributed by atoms with van der Waals surface area (Å²) in [6.07, 6.45) is 2.72. The number of piperidine rings is 1. The number of nitrogens with zero attached hydrogens (tertiary/aromatic N) is 2. The lowest BCUT2D eigenvalue weighted by molar-refractivity contribution is -0.137. The van der Waals surface area contributed by atoms with Gasteiger partial charge in [-0.2, -0.15) is 0 Å². The van der Waals surface area contributed by atoms with Crippen molar-refractivity contribution in [2.45, 2.75) is 40.2 Å². The molecule has 1 saturated heterocycles. The second-order valence-corrected chi connectivity index (χ2v) is 11.6. The van der Waals surface area contributed by atoms with Crippen LogP contribution in [0.15, 0.2) is 60.9 Å². The molecular formula is C34H40F2N4O4. The molecule has 2 fully saturated rings. The van der Waals surface area contributed by atoms with Gasteiger partial charge in [-0.15, -0.1) is 0 Å². The molecule has 1 saturated carbocycles. The van der Waals surface area contributed by atoms with Gasteiger partial charge in [-0.25, -0.2) is 8.78 Å². The summed E-state index contributed by atoms with van der Waals surface area (Å²) in [5.74, 6) is -1.77. The van der Waals surface area contributed by atoms with Crippen LogP contribution in [0.2, 0.25) is 0 Å². The number of amides is 1. The van der Waals surface area contributed by atoms with E-state index in [1.54, 1.807) is 6.20 Å². The normalized spacial score (nSPS) is 18.6. The SMILES string of the molecule is C=O.CC1(C)C2CN(C(=O)/C(=C/N)c3ccccn3)CC21.CNC(CC(=O)O)c1cc(-c2c(C)cccc2C)cc(F)c1F. The number of fused-ring (bicyclic) bond motifs is 1. The van der Waals surface area contributed by atoms with E-state index in [1.165, 1.54) is 19.3 Å². The quantitative estimate of drug-likeness (QED) is 0.312. The first-order chi connectivity index (χ1) is 20.9. The van der Waals surface area contributed by atoms with E-state index < -0.39 is 23.6 Å². The van der Waals surface area contributed by atoms with Gasteiger partial charge < -0.3 is 25.9 Å². The summed E-state index contributed by atoms with van der Waals surface area (Å²) in [6.45, 7) is 12.1. The average Bonchev–Trinajstić information content (AvgIpc) is 3.30. The molecule has 3 aromatic rings. The van der Waals surface area contributed by atoms with Gasteiger partial charge in [0.2, 0.25) is 0 Å². The van der Waals surface area contributed by atoms with Gasteiger partial charge in [0, 0.05) is 37.1 Å². The van der Waals surface area contributed by atoms with E-state index in [1.807, 2.05) is 61.9 Å². The lowest BCUT2D eigenvalue weighted by atomic mass is 9.92. The van der Waals surface area contributed by atoms with Crippen molar-refractivity contribution in [3.63, 3.8) is 0 Å². The van der Waals surface area contributed by atoms with E-state index >= 15 is 0 Å². The largest absolute Gasteiger partial charge is 0.481 e. The Bertz CT molecular complexity index is 1490. The molecule has 0 bridgehead atoms. The predicted octanol–water partition coefficient (Wildman–Crippen LogP) is 5.29. The summed E-state index contributed by atoms with van der Waals surface area (Å²) in [6, 6.07) is 13.1. The number of pyridine rings is 1. The van der Waals surface area contributed by atoms with Crippen molar-refractivity contribution < 1.29 is 28.3 Å². The molecule has 5 rings (SSSR count). The van der Waals surface area contributed by atoms with Crippen LogP contribution in [0.4, 0.5) is 8.78 Å². The Kier molecular flexibility index (Phi) is 11.1. The van der Waals surface area contributed by atoms with Crippen LogP contribution in [0.25, 0.3) is 16.7 Å². The zero-order valence-corrected chi connectivity index (χ0v) is 25.7. The summed E-state index contributed by atoms with van der Waals surface area (Å²) in [5, 5.41) is 11.7. The van der Waals surface area contributed by atoms with Gasteiger partial charge in [-0.05, 0) is 84.7 Å². The first kappa shape index (κ1) is 34.1. The molecule has 3 unspecified atom stereocenters. The van der Waals surface area contributed by atoms with Gasteiger partial charge in [0.1, 0.15) is 6.79 Å². The number of benzene rings is 2. The van der Waals surface area contributed by atoms with E-state index in [4.69, 9.17) is 15.6 Å². The molecule has 8 nitrogen and oxygen atoms in total. The zero-order chi connectivity index (χ0) is 32.8. The maximum absolute atomic E-state index is 14.2. The van der Waals surface area contributed by atoms with E-state index in [9.17, 15) is 18.4 Å². The number of aromatic nitrogens is 1. The number of halogens is 2. The molecule has 3 atom stereocenters. The number of carboxylic acid groups (broad SMARTS) is 1. The third kappa shape index (κ3) is 7.19. The van der Waals surface area contributed by atoms with Gasteiger partial charge >= 0.3 is 5.97 Å². The Hall–Kier alpha value is -4.44. The summed E-state index contributed by atoms with van der Waals surface area (Å²) >= 11 is 0. The number of carboxylic acids is 1. The number of carbonyl (C=O) groups is 3. The fraction of sp³-hybridized carbons (Fsp3) is 0.353. The number of nitrogens with one attached hydrogen (secondary N) is 1. The van der Waals surface area contributed by atoms with Gasteiger partial charge in [0.15, 0.2) is 11.6 Å². The second kappa shape index (κ2) is 14.4. The number of carbonyl (C=O) groups excluding carboxylic acids is 2. The Morgan fingerprint density at radius 3 is 2.23 bits per heavy atom. The zero-order valence-electron chi connectivity index (χ0n) is 25.7. The Morgan fingerprint density at radius 2 is 1.73 bits per heavy atom. The molecule has 2 aromatic carbocycles. The van der Waals surface area contributed by atoms with Gasteiger partial charge in [-0.3, -0.25) is 14.6 Å². The monoisotopic (exact) mass is 606 g/mol. The van der Waals surface area contributed by atoms with Crippen molar-refractivity contribution in [2.75, 3.05) is 20.1 Å². The third-order valence-electron chi connectivity index (χ3n) is 8.68. The van der Waals surface area contributed by atoms with Crippen molar-refractivity contribution in [1.29, 1.82) is 0 Å². The fourth-order valence-electron chi connectivity index (χ4n) is 6.08. The smallest absolute Gasteiger partial charge is 0.305 e. The van der Waals surface area contributed by atoms with Crippen LogP contribution >= 0.6 is 0 Å². The number of rotatable bonds is 7. The number of aliphatic carboxylic acids is 1. The number of likely N-dealkylation sites (tertiary alicyclic amines) is 1. The molecule has 10 heteroatoms. The molecule has 1 aliphatic heterocycles. The molecule has 2 aliphatic rings. The Morgan fingerprint density at radius 1 is 1.11 bits per heavy atom. The average molecular weight is 607 g/mol. The molecule has 0 spiro atoms. The minimum atomic E-state index is -1.08. The molecule has 44 heavy (non-hydrogen) atoms. The Labute approximate surface area is 257 Å². The van der Waals surface area contributed by atoms with Crippen molar-refractivity contribution in [3.05, 3.63) is 94.9 Å². The maximum atomic E-state index is 14.2. The summed E-state index contributed by atoms with van der Waals surface area (Å²) < 4.78 is 28.3. The van der Waals surface area contributed by atoms with E-state index in [0.29, 0.717) is 34.1 Å². The Balaban J connectivity index is 0.000000231. The molecular weight excluding hydrogens is 566 g/mol. The van der Waals surface area contributed by atoms with Crippen LogP contribution in [-0.4, -0.2) is 53.8 Å². The highest BCUT2D eigenvalue weighted by atomic mass is 19.2. The van der Waals surface area contributed by atoms with Crippen LogP contribution in [0.3, 0.4) is 0 Å². The number of hydrogen-bond acceptors (Lipinski definition) is 6. The minimum Gasteiger partial charge on any atom is -0.481 e. The molecule has 234 valence electrons. The van der Waals surface area contributed by atoms with E-state index in [2.05, 4.69) is 24.1 Å². The lowest BCUT2D eigenvalue weighted by Gasteiger charge is -2.23. The number of aryl methyl sites for hydroxylation is 2. The van der Waals surface area contributed by atoms with Crippen LogP contribution in [0.5, 0.6) is 0 Å². The molecule has 0 radical (unpaired) electrons. The van der Waals surface area contributed by atoms with Crippen molar-refractivity contribution >= 4 is 24.2 Å². The maximum Gasteiger partial charge on any atom is 0.305 e. The summed E-state index contributed by atoms with van der Waals surface area (Å²) in [7, 11) is 1.52. The van der Waals surface area contributed by atoms with Crippen molar-refractivity contribution in [2.24, 2.45) is 23.0 Å². The number of nitrogens with two attached hydrogens (primary N) is 1.